The molecular formula is C80H64N10O. The van der Waals surface area contributed by atoms with Gasteiger partial charge in [-0.3, -0.25) is 4.90 Å². The van der Waals surface area contributed by atoms with Crippen molar-refractivity contribution in [2.45, 2.75) is 52.4 Å². The summed E-state index contributed by atoms with van der Waals surface area (Å²) in [5.74, 6) is 5.43. The molecule has 11 heteroatoms. The van der Waals surface area contributed by atoms with Gasteiger partial charge in [-0.2, -0.15) is 0 Å². The van der Waals surface area contributed by atoms with Crippen molar-refractivity contribution in [3.05, 3.63) is 278 Å². The molecule has 15 rings (SSSR count). The van der Waals surface area contributed by atoms with Crippen LogP contribution in [0, 0.1) is 0 Å². The van der Waals surface area contributed by atoms with Crippen molar-refractivity contribution in [3.63, 3.8) is 0 Å². The highest BCUT2D eigenvalue weighted by atomic mass is 16.5. The zero-order valence-corrected chi connectivity index (χ0v) is 51.5. The summed E-state index contributed by atoms with van der Waals surface area (Å²) >= 11 is 0. The summed E-state index contributed by atoms with van der Waals surface area (Å²) in [7, 11) is 0. The van der Waals surface area contributed by atoms with Gasteiger partial charge in [0.1, 0.15) is 24.0 Å². The third-order valence-corrected chi connectivity index (χ3v) is 16.9. The summed E-state index contributed by atoms with van der Waals surface area (Å²) in [6.45, 7) is 13.8. The summed E-state index contributed by atoms with van der Waals surface area (Å²) in [5, 5.41) is 0. The Balaban J connectivity index is 0.897. The van der Waals surface area contributed by atoms with Gasteiger partial charge in [0.25, 0.3) is 0 Å². The fraction of sp³-hybridized carbons (Fsp3) is 0.113. The molecule has 0 amide bonds. The molecule has 0 bridgehead atoms. The van der Waals surface area contributed by atoms with Gasteiger partial charge in [0.05, 0.1) is 28.4 Å². The van der Waals surface area contributed by atoms with Crippen molar-refractivity contribution in [2.24, 2.45) is 0 Å². The molecule has 91 heavy (non-hydrogen) atoms. The molecule has 2 aliphatic rings. The molecule has 0 aliphatic carbocycles. The van der Waals surface area contributed by atoms with Crippen molar-refractivity contribution in [1.82, 2.24) is 34.9 Å². The predicted octanol–water partition coefficient (Wildman–Crippen LogP) is 20.2. The topological polar surface area (TPSA) is 109 Å². The van der Waals surface area contributed by atoms with E-state index in [1.165, 1.54) is 5.56 Å². The van der Waals surface area contributed by atoms with Gasteiger partial charge in [0.15, 0.2) is 34.9 Å². The Morgan fingerprint density at radius 3 is 1.25 bits per heavy atom. The average Bonchev–Trinajstić information content (AvgIpc) is 1.70. The Morgan fingerprint density at radius 2 is 0.747 bits per heavy atom. The molecule has 0 radical (unpaired) electrons. The minimum Gasteiger partial charge on any atom is -0.457 e. The van der Waals surface area contributed by atoms with E-state index in [-0.39, 0.29) is 10.8 Å². The number of aromatic nitrogens is 7. The van der Waals surface area contributed by atoms with E-state index < -0.39 is 0 Å². The maximum absolute atomic E-state index is 7.08. The predicted molar refractivity (Wildman–Crippen MR) is 369 cm³/mol. The molecule has 3 aromatic heterocycles. The molecule has 10 aromatic carbocycles. The SMILES string of the molecule is CC(C)(C)c1ccnc(N2c3ccccc3-c3ccccc3-c3ccc(Oc4cccc(N5CN(c6c(-c7nc(-c8ccccc8)nc(-c8ccccc8)n7)cc(C(C)(C)C)cc6-c6nc(-c7ccccc7)nc(-c7ccccc7)n6)c6ccccc65)c4)cc32)c1. The van der Waals surface area contributed by atoms with Crippen molar-refractivity contribution in [1.29, 1.82) is 0 Å². The van der Waals surface area contributed by atoms with Crippen molar-refractivity contribution in [2.75, 3.05) is 21.4 Å². The first-order valence-corrected chi connectivity index (χ1v) is 30.8. The first-order chi connectivity index (χ1) is 44.4. The number of ether oxygens (including phenoxy) is 1. The van der Waals surface area contributed by atoms with Crippen LogP contribution in [-0.4, -0.2) is 41.6 Å². The lowest BCUT2D eigenvalue weighted by molar-refractivity contribution is 0.483. The second kappa shape index (κ2) is 22.9. The van der Waals surface area contributed by atoms with Crippen LogP contribution in [0.15, 0.2) is 267 Å². The number of benzene rings is 10. The molecule has 0 N–H and O–H groups in total. The average molecular weight is 1180 g/mol. The lowest BCUT2D eigenvalue weighted by Crippen LogP contribution is -2.26. The van der Waals surface area contributed by atoms with Crippen molar-refractivity contribution in [3.8, 4) is 102 Å². The van der Waals surface area contributed by atoms with Crippen LogP contribution >= 0.6 is 0 Å². The van der Waals surface area contributed by atoms with Crippen LogP contribution in [0.2, 0.25) is 0 Å². The van der Waals surface area contributed by atoms with Gasteiger partial charge >= 0.3 is 0 Å². The zero-order valence-electron chi connectivity index (χ0n) is 51.5. The first kappa shape index (κ1) is 56.1. The molecule has 13 aromatic rings. The van der Waals surface area contributed by atoms with Crippen LogP contribution in [0.1, 0.15) is 52.7 Å². The third kappa shape index (κ3) is 10.8. The molecule has 0 atom stereocenters. The van der Waals surface area contributed by atoms with Gasteiger partial charge in [-0.1, -0.05) is 224 Å². The van der Waals surface area contributed by atoms with Crippen LogP contribution in [-0.2, 0) is 10.8 Å². The largest absolute Gasteiger partial charge is 0.457 e. The molecule has 0 spiro atoms. The monoisotopic (exact) mass is 1180 g/mol. The summed E-state index contributed by atoms with van der Waals surface area (Å²) in [6, 6.07) is 90.0. The zero-order chi connectivity index (χ0) is 61.8. The van der Waals surface area contributed by atoms with E-state index >= 15 is 0 Å². The molecule has 0 saturated carbocycles. The highest BCUT2D eigenvalue weighted by Crippen LogP contribution is 2.54. The molecular weight excluding hydrogens is 1120 g/mol. The molecule has 5 heterocycles. The van der Waals surface area contributed by atoms with Crippen LogP contribution in [0.5, 0.6) is 11.5 Å². The normalized spacial score (nSPS) is 12.6. The van der Waals surface area contributed by atoms with Crippen molar-refractivity contribution >= 4 is 39.9 Å². The minimum atomic E-state index is -0.356. The summed E-state index contributed by atoms with van der Waals surface area (Å²) < 4.78 is 7.08. The van der Waals surface area contributed by atoms with Gasteiger partial charge in [-0.15, -0.1) is 0 Å². The van der Waals surface area contributed by atoms with Gasteiger partial charge in [0.2, 0.25) is 0 Å². The maximum atomic E-state index is 7.08. The second-order valence-electron chi connectivity index (χ2n) is 25.1. The Kier molecular flexibility index (Phi) is 14.1. The van der Waals surface area contributed by atoms with E-state index in [0.717, 1.165) is 101 Å². The summed E-state index contributed by atoms with van der Waals surface area (Å²) in [4.78, 5) is 44.2. The fourth-order valence-corrected chi connectivity index (χ4v) is 12.3. The minimum absolute atomic E-state index is 0.0976. The lowest BCUT2D eigenvalue weighted by Gasteiger charge is -2.29. The smallest absolute Gasteiger partial charge is 0.166 e. The van der Waals surface area contributed by atoms with Crippen LogP contribution in [0.3, 0.4) is 0 Å². The number of pyridine rings is 1. The fourth-order valence-electron chi connectivity index (χ4n) is 12.3. The molecule has 11 nitrogen and oxygen atoms in total. The molecule has 0 fully saturated rings. The van der Waals surface area contributed by atoms with Gasteiger partial charge in [0, 0.05) is 68.5 Å². The van der Waals surface area contributed by atoms with Crippen LogP contribution in [0.25, 0.3) is 90.6 Å². The summed E-state index contributed by atoms with van der Waals surface area (Å²) in [6.07, 6.45) is 1.93. The van der Waals surface area contributed by atoms with E-state index in [9.17, 15) is 0 Å². The standard InChI is InChI=1S/C80H64N10O/c1-79(2,3)56-44-45-81-71(48-56)90-67-39-22-21-38-63(67)61-36-19-20-37-62(61)64-43-42-60(50-70(64)90)91-59-35-25-34-58(49-59)88-51-89(69-41-24-23-40-68(69)88)72-65(77-84-73(52-26-11-7-12-27-52)82-74(85-77)53-28-13-8-14-29-53)46-57(80(4,5)6)47-66(72)78-86-75(54-30-15-9-16-31-54)83-76(87-78)55-32-17-10-18-33-55/h7-50H,51H2,1-6H3. The number of para-hydroxylation sites is 3. The number of anilines is 7. The molecule has 2 aliphatic heterocycles. The van der Waals surface area contributed by atoms with E-state index in [1.54, 1.807) is 0 Å². The number of hydrogen-bond acceptors (Lipinski definition) is 11. The quantitative estimate of drug-likeness (QED) is 0.123. The highest BCUT2D eigenvalue weighted by Gasteiger charge is 2.36. The van der Waals surface area contributed by atoms with E-state index in [2.05, 4.69) is 190 Å². The highest BCUT2D eigenvalue weighted by molar-refractivity contribution is 6.03. The van der Waals surface area contributed by atoms with Crippen LogP contribution < -0.4 is 19.4 Å². The number of fused-ring (bicyclic) bond motifs is 6. The number of hydrogen-bond donors (Lipinski definition) is 0. The Labute approximate surface area is 530 Å². The van der Waals surface area contributed by atoms with Crippen molar-refractivity contribution < 1.29 is 4.74 Å². The number of nitrogens with zero attached hydrogens (tertiary/aromatic N) is 10. The van der Waals surface area contributed by atoms with E-state index in [1.807, 2.05) is 134 Å². The Hall–Kier alpha value is -11.4. The van der Waals surface area contributed by atoms with Gasteiger partial charge in [-0.25, -0.2) is 34.9 Å². The van der Waals surface area contributed by atoms with E-state index in [0.29, 0.717) is 53.1 Å². The maximum Gasteiger partial charge on any atom is 0.166 e. The lowest BCUT2D eigenvalue weighted by atomic mass is 9.83. The summed E-state index contributed by atoms with van der Waals surface area (Å²) in [5.41, 5.74) is 17.1. The molecule has 0 unspecified atom stereocenters. The van der Waals surface area contributed by atoms with E-state index in [4.69, 9.17) is 39.6 Å². The Morgan fingerprint density at radius 1 is 0.319 bits per heavy atom. The Bertz CT molecular complexity index is 4610. The first-order valence-electron chi connectivity index (χ1n) is 30.8. The van der Waals surface area contributed by atoms with Gasteiger partial charge < -0.3 is 14.5 Å². The molecule has 0 saturated heterocycles. The molecule has 440 valence electrons. The second-order valence-corrected chi connectivity index (χ2v) is 25.1. The number of rotatable bonds is 11. The van der Waals surface area contributed by atoms with Gasteiger partial charge in [-0.05, 0) is 99.8 Å². The third-order valence-electron chi connectivity index (χ3n) is 16.9. The van der Waals surface area contributed by atoms with Crippen LogP contribution in [0.4, 0.5) is 39.9 Å².